The highest BCUT2D eigenvalue weighted by molar-refractivity contribution is 7.99. The Kier molecular flexibility index (Phi) is 7.69. The van der Waals surface area contributed by atoms with E-state index < -0.39 is 0 Å². The van der Waals surface area contributed by atoms with Crippen LogP contribution in [0.3, 0.4) is 0 Å². The minimum absolute atomic E-state index is 0.0522. The SMILES string of the molecule is COC(=O)c1ccc(-c2csc(NC(=O)CCCSc3ccc(Cl)cc3)n2)cc1. The summed E-state index contributed by atoms with van der Waals surface area (Å²) in [5, 5.41) is 6.00. The number of thioether (sulfide) groups is 1. The molecule has 3 rings (SSSR count). The van der Waals surface area contributed by atoms with Crippen molar-refractivity contribution in [2.24, 2.45) is 0 Å². The molecule has 1 amide bonds. The molecule has 0 saturated carbocycles. The maximum atomic E-state index is 12.1. The maximum Gasteiger partial charge on any atom is 0.337 e. The maximum absolute atomic E-state index is 12.1. The van der Waals surface area contributed by atoms with Gasteiger partial charge < -0.3 is 10.1 Å². The number of amides is 1. The molecular weight excluding hydrogens is 428 g/mol. The minimum Gasteiger partial charge on any atom is -0.465 e. The quantitative estimate of drug-likeness (QED) is 0.270. The van der Waals surface area contributed by atoms with E-state index in [1.165, 1.54) is 18.4 Å². The van der Waals surface area contributed by atoms with E-state index in [1.807, 2.05) is 29.6 Å². The smallest absolute Gasteiger partial charge is 0.337 e. The molecule has 0 bridgehead atoms. The molecule has 0 aliphatic rings. The number of carbonyl (C=O) groups is 2. The Hall–Kier alpha value is -2.35. The number of hydrogen-bond donors (Lipinski definition) is 1. The van der Waals surface area contributed by atoms with Crippen molar-refractivity contribution in [3.63, 3.8) is 0 Å². The van der Waals surface area contributed by atoms with Crippen LogP contribution in [0.2, 0.25) is 5.02 Å². The lowest BCUT2D eigenvalue weighted by Gasteiger charge is -2.03. The lowest BCUT2D eigenvalue weighted by atomic mass is 10.1. The third-order valence-electron chi connectivity index (χ3n) is 3.98. The van der Waals surface area contributed by atoms with Gasteiger partial charge in [0.1, 0.15) is 0 Å². The van der Waals surface area contributed by atoms with Crippen LogP contribution in [-0.2, 0) is 9.53 Å². The molecule has 5 nitrogen and oxygen atoms in total. The van der Waals surface area contributed by atoms with E-state index in [4.69, 9.17) is 16.3 Å². The number of halogens is 1. The van der Waals surface area contributed by atoms with Crippen LogP contribution in [0.5, 0.6) is 0 Å². The largest absolute Gasteiger partial charge is 0.465 e. The zero-order chi connectivity index (χ0) is 20.6. The molecule has 0 atom stereocenters. The van der Waals surface area contributed by atoms with Crippen molar-refractivity contribution in [3.8, 4) is 11.3 Å². The van der Waals surface area contributed by atoms with Gasteiger partial charge in [0.05, 0.1) is 18.4 Å². The predicted molar refractivity (Wildman–Crippen MR) is 119 cm³/mol. The summed E-state index contributed by atoms with van der Waals surface area (Å²) in [4.78, 5) is 29.2. The van der Waals surface area contributed by atoms with Crippen molar-refractivity contribution in [2.45, 2.75) is 17.7 Å². The van der Waals surface area contributed by atoms with Gasteiger partial charge in [0.2, 0.25) is 5.91 Å². The molecular formula is C21H19ClN2O3S2. The predicted octanol–water partition coefficient (Wildman–Crippen LogP) is 5.76. The van der Waals surface area contributed by atoms with Gasteiger partial charge in [0, 0.05) is 27.3 Å². The fraction of sp³-hybridized carbons (Fsp3) is 0.190. The molecule has 150 valence electrons. The number of thiazole rings is 1. The van der Waals surface area contributed by atoms with Crippen LogP contribution in [0.1, 0.15) is 23.2 Å². The number of anilines is 1. The second kappa shape index (κ2) is 10.4. The van der Waals surface area contributed by atoms with E-state index in [0.717, 1.165) is 33.3 Å². The summed E-state index contributed by atoms with van der Waals surface area (Å²) in [6, 6.07) is 14.7. The average molecular weight is 447 g/mol. The molecule has 3 aromatic rings. The summed E-state index contributed by atoms with van der Waals surface area (Å²) >= 11 is 8.94. The van der Waals surface area contributed by atoms with E-state index in [9.17, 15) is 9.59 Å². The second-order valence-corrected chi connectivity index (χ2v) is 8.52. The zero-order valence-electron chi connectivity index (χ0n) is 15.7. The van der Waals surface area contributed by atoms with Crippen LogP contribution in [0.4, 0.5) is 5.13 Å². The third-order valence-corrected chi connectivity index (χ3v) is 6.09. The van der Waals surface area contributed by atoms with Crippen molar-refractivity contribution in [2.75, 3.05) is 18.2 Å². The fourth-order valence-corrected chi connectivity index (χ4v) is 4.21. The molecule has 2 aromatic carbocycles. The number of nitrogens with zero attached hydrogens (tertiary/aromatic N) is 1. The monoisotopic (exact) mass is 446 g/mol. The van der Waals surface area contributed by atoms with Crippen molar-refractivity contribution < 1.29 is 14.3 Å². The Morgan fingerprint density at radius 1 is 1.14 bits per heavy atom. The summed E-state index contributed by atoms with van der Waals surface area (Å²) in [5.74, 6) is 0.422. The topological polar surface area (TPSA) is 68.3 Å². The molecule has 1 heterocycles. The number of aromatic nitrogens is 1. The Morgan fingerprint density at radius 3 is 2.55 bits per heavy atom. The highest BCUT2D eigenvalue weighted by Gasteiger charge is 2.10. The second-order valence-electron chi connectivity index (χ2n) is 6.06. The Bertz CT molecular complexity index is 972. The van der Waals surface area contributed by atoms with Crippen LogP contribution >= 0.6 is 34.7 Å². The molecule has 8 heteroatoms. The number of esters is 1. The van der Waals surface area contributed by atoms with Crippen molar-refractivity contribution >= 4 is 51.7 Å². The van der Waals surface area contributed by atoms with E-state index >= 15 is 0 Å². The first-order valence-electron chi connectivity index (χ1n) is 8.87. The van der Waals surface area contributed by atoms with Gasteiger partial charge in [0.15, 0.2) is 5.13 Å². The van der Waals surface area contributed by atoms with Gasteiger partial charge in [-0.25, -0.2) is 9.78 Å². The van der Waals surface area contributed by atoms with E-state index in [0.29, 0.717) is 17.1 Å². The molecule has 0 fully saturated rings. The fourth-order valence-electron chi connectivity index (χ4n) is 2.49. The van der Waals surface area contributed by atoms with Crippen molar-refractivity contribution in [1.29, 1.82) is 0 Å². The molecule has 0 spiro atoms. The first kappa shape index (κ1) is 21.4. The summed E-state index contributed by atoms with van der Waals surface area (Å²) in [5.41, 5.74) is 2.10. The number of nitrogens with one attached hydrogen (secondary N) is 1. The zero-order valence-corrected chi connectivity index (χ0v) is 18.1. The van der Waals surface area contributed by atoms with Crippen LogP contribution in [0, 0.1) is 0 Å². The lowest BCUT2D eigenvalue weighted by Crippen LogP contribution is -2.11. The highest BCUT2D eigenvalue weighted by atomic mass is 35.5. The van der Waals surface area contributed by atoms with E-state index in [-0.39, 0.29) is 11.9 Å². The number of ether oxygens (including phenoxy) is 1. The average Bonchev–Trinajstić information content (AvgIpc) is 3.20. The molecule has 0 aliphatic carbocycles. The first-order chi connectivity index (χ1) is 14.0. The summed E-state index contributed by atoms with van der Waals surface area (Å²) in [6.45, 7) is 0. The van der Waals surface area contributed by atoms with Crippen molar-refractivity contribution in [1.82, 2.24) is 4.98 Å². The van der Waals surface area contributed by atoms with Crippen molar-refractivity contribution in [3.05, 3.63) is 64.5 Å². The van der Waals surface area contributed by atoms with Crippen LogP contribution in [-0.4, -0.2) is 29.7 Å². The minimum atomic E-state index is -0.378. The van der Waals surface area contributed by atoms with E-state index in [2.05, 4.69) is 10.3 Å². The number of benzene rings is 2. The molecule has 0 unspecified atom stereocenters. The molecule has 0 radical (unpaired) electrons. The van der Waals surface area contributed by atoms with Gasteiger partial charge >= 0.3 is 5.97 Å². The van der Waals surface area contributed by atoms with Gasteiger partial charge in [-0.15, -0.1) is 23.1 Å². The van der Waals surface area contributed by atoms with Gasteiger partial charge in [0.25, 0.3) is 0 Å². The molecule has 1 N–H and O–H groups in total. The number of hydrogen-bond acceptors (Lipinski definition) is 6. The molecule has 0 aliphatic heterocycles. The van der Waals surface area contributed by atoms with Crippen LogP contribution < -0.4 is 5.32 Å². The van der Waals surface area contributed by atoms with Crippen LogP contribution in [0.15, 0.2) is 58.8 Å². The lowest BCUT2D eigenvalue weighted by molar-refractivity contribution is -0.116. The van der Waals surface area contributed by atoms with Gasteiger partial charge in [-0.1, -0.05) is 23.7 Å². The van der Waals surface area contributed by atoms with Gasteiger partial charge in [-0.2, -0.15) is 0 Å². The van der Waals surface area contributed by atoms with Gasteiger partial charge in [-0.3, -0.25) is 4.79 Å². The third kappa shape index (κ3) is 6.32. The summed E-state index contributed by atoms with van der Waals surface area (Å²) in [7, 11) is 1.35. The molecule has 1 aromatic heterocycles. The standard InChI is InChI=1S/C21H19ClN2O3S2/c1-27-20(26)15-6-4-14(5-7-15)18-13-29-21(23-18)24-19(25)3-2-12-28-17-10-8-16(22)9-11-17/h4-11,13H,2-3,12H2,1H3,(H,23,24,25). The number of rotatable bonds is 8. The van der Waals surface area contributed by atoms with Crippen LogP contribution in [0.25, 0.3) is 11.3 Å². The normalized spacial score (nSPS) is 10.6. The first-order valence-corrected chi connectivity index (χ1v) is 11.1. The van der Waals surface area contributed by atoms with Gasteiger partial charge in [-0.05, 0) is 48.6 Å². The molecule has 29 heavy (non-hydrogen) atoms. The number of carbonyl (C=O) groups excluding carboxylic acids is 2. The Morgan fingerprint density at radius 2 is 1.86 bits per heavy atom. The number of methoxy groups -OCH3 is 1. The summed E-state index contributed by atoms with van der Waals surface area (Å²) < 4.78 is 4.69. The highest BCUT2D eigenvalue weighted by Crippen LogP contribution is 2.26. The molecule has 0 saturated heterocycles. The Labute approximate surface area is 182 Å². The Balaban J connectivity index is 1.46. The van der Waals surface area contributed by atoms with E-state index in [1.54, 1.807) is 36.0 Å². The summed E-state index contributed by atoms with van der Waals surface area (Å²) in [6.07, 6.45) is 1.20.